The summed E-state index contributed by atoms with van der Waals surface area (Å²) in [6.45, 7) is 0.773. The van der Waals surface area contributed by atoms with Crippen LogP contribution in [0.25, 0.3) is 0 Å². The molecule has 1 heterocycles. The maximum atomic E-state index is 11.8. The molecule has 23 heavy (non-hydrogen) atoms. The van der Waals surface area contributed by atoms with Gasteiger partial charge in [0.05, 0.1) is 0 Å². The number of nitrogens with one attached hydrogen (secondary N) is 1. The molecule has 1 aliphatic carbocycles. The van der Waals surface area contributed by atoms with E-state index < -0.39 is 0 Å². The lowest BCUT2D eigenvalue weighted by Gasteiger charge is -2.09. The van der Waals surface area contributed by atoms with Crippen molar-refractivity contribution in [3.8, 4) is 5.75 Å². The van der Waals surface area contributed by atoms with E-state index in [1.54, 1.807) is 11.3 Å². The fourth-order valence-electron chi connectivity index (χ4n) is 2.67. The standard InChI is InChI=1S/C18H21NO2S2/c20-18(19-7-9-23-13-14-6-8-22-12-14)11-21-17-5-4-15-2-1-3-16(15)10-17/h4-6,8,10,12H,1-3,7,9,11,13H2,(H,19,20). The van der Waals surface area contributed by atoms with Crippen molar-refractivity contribution in [2.24, 2.45) is 0 Å². The highest BCUT2D eigenvalue weighted by Crippen LogP contribution is 2.25. The molecule has 0 bridgehead atoms. The summed E-state index contributed by atoms with van der Waals surface area (Å²) in [7, 11) is 0. The smallest absolute Gasteiger partial charge is 0.257 e. The molecule has 0 spiro atoms. The van der Waals surface area contributed by atoms with Crippen molar-refractivity contribution < 1.29 is 9.53 Å². The lowest BCUT2D eigenvalue weighted by molar-refractivity contribution is -0.122. The number of thioether (sulfide) groups is 1. The third-order valence-corrected chi connectivity index (χ3v) is 5.62. The van der Waals surface area contributed by atoms with Crippen LogP contribution in [0.4, 0.5) is 0 Å². The van der Waals surface area contributed by atoms with E-state index in [9.17, 15) is 4.79 Å². The molecule has 122 valence electrons. The van der Waals surface area contributed by atoms with Gasteiger partial charge in [0.1, 0.15) is 5.75 Å². The van der Waals surface area contributed by atoms with Gasteiger partial charge < -0.3 is 10.1 Å². The second kappa shape index (κ2) is 8.41. The monoisotopic (exact) mass is 347 g/mol. The number of fused-ring (bicyclic) bond motifs is 1. The number of thiophene rings is 1. The summed E-state index contributed by atoms with van der Waals surface area (Å²) in [5, 5.41) is 7.16. The predicted octanol–water partition coefficient (Wildman–Crippen LogP) is 3.67. The fourth-order valence-corrected chi connectivity index (χ4v) is 4.25. The lowest BCUT2D eigenvalue weighted by Crippen LogP contribution is -2.30. The molecule has 1 aromatic carbocycles. The SMILES string of the molecule is O=C(COc1ccc2c(c1)CCC2)NCCSCc1ccsc1. The van der Waals surface area contributed by atoms with Gasteiger partial charge in [0.15, 0.2) is 6.61 Å². The first kappa shape index (κ1) is 16.4. The van der Waals surface area contributed by atoms with Gasteiger partial charge in [-0.15, -0.1) is 0 Å². The molecule has 0 radical (unpaired) electrons. The first-order valence-electron chi connectivity index (χ1n) is 7.91. The molecule has 1 N–H and O–H groups in total. The van der Waals surface area contributed by atoms with Crippen LogP contribution in [0, 0.1) is 0 Å². The second-order valence-electron chi connectivity index (χ2n) is 5.61. The number of amides is 1. The van der Waals surface area contributed by atoms with Gasteiger partial charge >= 0.3 is 0 Å². The molecule has 3 rings (SSSR count). The van der Waals surface area contributed by atoms with Gasteiger partial charge in [0.25, 0.3) is 5.91 Å². The summed E-state index contributed by atoms with van der Waals surface area (Å²) in [6, 6.07) is 8.30. The minimum Gasteiger partial charge on any atom is -0.484 e. The maximum absolute atomic E-state index is 11.8. The van der Waals surface area contributed by atoms with Crippen molar-refractivity contribution in [1.29, 1.82) is 0 Å². The molecule has 2 aromatic rings. The lowest BCUT2D eigenvalue weighted by atomic mass is 10.1. The fraction of sp³-hybridized carbons (Fsp3) is 0.389. The van der Waals surface area contributed by atoms with Crippen molar-refractivity contribution in [1.82, 2.24) is 5.32 Å². The average molecular weight is 348 g/mol. The summed E-state index contributed by atoms with van der Waals surface area (Å²) >= 11 is 3.55. The number of benzene rings is 1. The van der Waals surface area contributed by atoms with Crippen LogP contribution in [0.5, 0.6) is 5.75 Å². The van der Waals surface area contributed by atoms with E-state index in [0.29, 0.717) is 6.54 Å². The highest BCUT2D eigenvalue weighted by atomic mass is 32.2. The molecule has 0 saturated carbocycles. The zero-order valence-corrected chi connectivity index (χ0v) is 14.7. The van der Waals surface area contributed by atoms with Crippen LogP contribution < -0.4 is 10.1 Å². The Labute approximate surface area is 145 Å². The molecule has 0 aliphatic heterocycles. The summed E-state index contributed by atoms with van der Waals surface area (Å²) in [5.74, 6) is 2.67. The van der Waals surface area contributed by atoms with Crippen LogP contribution in [0.3, 0.4) is 0 Å². The number of carbonyl (C=O) groups excluding carboxylic acids is 1. The number of hydrogen-bond acceptors (Lipinski definition) is 4. The van der Waals surface area contributed by atoms with E-state index >= 15 is 0 Å². The van der Waals surface area contributed by atoms with Gasteiger partial charge in [0, 0.05) is 18.1 Å². The van der Waals surface area contributed by atoms with E-state index in [0.717, 1.165) is 23.7 Å². The molecule has 0 atom stereocenters. The number of hydrogen-bond donors (Lipinski definition) is 1. The zero-order valence-electron chi connectivity index (χ0n) is 13.0. The van der Waals surface area contributed by atoms with Crippen LogP contribution in [0.2, 0.25) is 0 Å². The van der Waals surface area contributed by atoms with Crippen molar-refractivity contribution in [3.63, 3.8) is 0 Å². The molecule has 1 amide bonds. The normalized spacial score (nSPS) is 12.9. The summed E-state index contributed by atoms with van der Waals surface area (Å²) in [5.41, 5.74) is 4.14. The third-order valence-electron chi connectivity index (χ3n) is 3.86. The summed E-state index contributed by atoms with van der Waals surface area (Å²) in [4.78, 5) is 11.8. The molecule has 1 aromatic heterocycles. The molecular formula is C18H21NO2S2. The Morgan fingerprint density at radius 2 is 2.17 bits per heavy atom. The molecule has 0 saturated heterocycles. The van der Waals surface area contributed by atoms with E-state index in [1.165, 1.54) is 29.5 Å². The Hall–Kier alpha value is -1.46. The topological polar surface area (TPSA) is 38.3 Å². The Morgan fingerprint density at radius 1 is 1.26 bits per heavy atom. The molecule has 0 unspecified atom stereocenters. The number of carbonyl (C=O) groups is 1. The van der Waals surface area contributed by atoms with Gasteiger partial charge in [-0.3, -0.25) is 4.79 Å². The molecule has 0 fully saturated rings. The summed E-state index contributed by atoms with van der Waals surface area (Å²) in [6.07, 6.45) is 3.52. The zero-order chi connectivity index (χ0) is 15.9. The van der Waals surface area contributed by atoms with Crippen molar-refractivity contribution in [3.05, 3.63) is 51.7 Å². The van der Waals surface area contributed by atoms with Gasteiger partial charge in [-0.2, -0.15) is 23.1 Å². The van der Waals surface area contributed by atoms with Crippen LogP contribution in [-0.4, -0.2) is 24.8 Å². The Balaban J connectivity index is 1.30. The van der Waals surface area contributed by atoms with Crippen LogP contribution >= 0.6 is 23.1 Å². The maximum Gasteiger partial charge on any atom is 0.257 e. The van der Waals surface area contributed by atoms with Crippen LogP contribution in [0.15, 0.2) is 35.0 Å². The summed E-state index contributed by atoms with van der Waals surface area (Å²) < 4.78 is 5.59. The largest absolute Gasteiger partial charge is 0.484 e. The minimum absolute atomic E-state index is 0.0540. The van der Waals surface area contributed by atoms with E-state index in [2.05, 4.69) is 34.3 Å². The highest BCUT2D eigenvalue weighted by Gasteiger charge is 2.11. The molecule has 5 heteroatoms. The second-order valence-corrected chi connectivity index (χ2v) is 7.49. The Kier molecular flexibility index (Phi) is 6.00. The first-order chi connectivity index (χ1) is 11.3. The van der Waals surface area contributed by atoms with Gasteiger partial charge in [-0.1, -0.05) is 6.07 Å². The number of aryl methyl sites for hydroxylation is 2. The Morgan fingerprint density at radius 3 is 3.04 bits per heavy atom. The van der Waals surface area contributed by atoms with Crippen LogP contribution in [0.1, 0.15) is 23.1 Å². The van der Waals surface area contributed by atoms with Crippen molar-refractivity contribution in [2.45, 2.75) is 25.0 Å². The highest BCUT2D eigenvalue weighted by molar-refractivity contribution is 7.98. The molecule has 1 aliphatic rings. The van der Waals surface area contributed by atoms with E-state index in [1.807, 2.05) is 17.8 Å². The molecular weight excluding hydrogens is 326 g/mol. The Bertz CT molecular complexity index is 640. The predicted molar refractivity (Wildman–Crippen MR) is 97.5 cm³/mol. The quantitative estimate of drug-likeness (QED) is 0.741. The minimum atomic E-state index is -0.0540. The first-order valence-corrected chi connectivity index (χ1v) is 10.0. The average Bonchev–Trinajstić information content (AvgIpc) is 3.23. The van der Waals surface area contributed by atoms with Gasteiger partial charge in [-0.25, -0.2) is 0 Å². The van der Waals surface area contributed by atoms with E-state index in [4.69, 9.17) is 4.74 Å². The van der Waals surface area contributed by atoms with Crippen molar-refractivity contribution >= 4 is 29.0 Å². The van der Waals surface area contributed by atoms with Crippen LogP contribution in [-0.2, 0) is 23.4 Å². The van der Waals surface area contributed by atoms with Crippen molar-refractivity contribution in [2.75, 3.05) is 18.9 Å². The van der Waals surface area contributed by atoms with Gasteiger partial charge in [-0.05, 0) is 64.9 Å². The van der Waals surface area contributed by atoms with E-state index in [-0.39, 0.29) is 12.5 Å². The number of ether oxygens (including phenoxy) is 1. The van der Waals surface area contributed by atoms with Gasteiger partial charge in [0.2, 0.25) is 0 Å². The number of rotatable bonds is 8. The third kappa shape index (κ3) is 5.01. The molecule has 3 nitrogen and oxygen atoms in total.